The van der Waals surface area contributed by atoms with Crippen LogP contribution in [-0.4, -0.2) is 98.9 Å². The molecule has 15 nitrogen and oxygen atoms in total. The van der Waals surface area contributed by atoms with Gasteiger partial charge in [0, 0.05) is 30.8 Å². The molecule has 0 radical (unpaired) electrons. The summed E-state index contributed by atoms with van der Waals surface area (Å²) in [6.45, 7) is 0.271. The Bertz CT molecular complexity index is 2830. The Kier molecular flexibility index (Phi) is 13.1. The van der Waals surface area contributed by atoms with E-state index in [0.717, 1.165) is 22.3 Å². The van der Waals surface area contributed by atoms with E-state index >= 15 is 14.4 Å². The van der Waals surface area contributed by atoms with E-state index in [9.17, 15) is 14.7 Å². The van der Waals surface area contributed by atoms with E-state index in [-0.39, 0.29) is 32.7 Å². The summed E-state index contributed by atoms with van der Waals surface area (Å²) in [4.78, 5) is 76.2. The number of methoxy groups -OCH3 is 4. The monoisotopic (exact) mass is 933 g/mol. The number of hydrogen-bond acceptors (Lipinski definition) is 13. The van der Waals surface area contributed by atoms with Crippen molar-refractivity contribution in [2.75, 3.05) is 53.5 Å². The number of nitrogens with one attached hydrogen (secondary N) is 1. The number of rotatable bonds is 12. The number of ether oxygens (including phenoxy) is 6. The molecule has 1 spiro atoms. The molecule has 354 valence electrons. The van der Waals surface area contributed by atoms with Crippen molar-refractivity contribution >= 4 is 35.4 Å². The van der Waals surface area contributed by atoms with Crippen molar-refractivity contribution in [1.82, 2.24) is 9.80 Å². The van der Waals surface area contributed by atoms with Crippen molar-refractivity contribution in [3.63, 3.8) is 0 Å². The van der Waals surface area contributed by atoms with Crippen LogP contribution in [0.1, 0.15) is 63.6 Å². The van der Waals surface area contributed by atoms with Crippen LogP contribution in [0.15, 0.2) is 115 Å². The van der Waals surface area contributed by atoms with Gasteiger partial charge in [-0.1, -0.05) is 84.6 Å². The Morgan fingerprint density at radius 2 is 1.45 bits per heavy atom. The molecular weight excluding hydrogens is 883 g/mol. The number of benzene rings is 5. The molecule has 0 aromatic heterocycles. The summed E-state index contributed by atoms with van der Waals surface area (Å²) in [5.41, 5.74) is 3.35. The first-order chi connectivity index (χ1) is 33.6. The Balaban J connectivity index is 1.28. The highest BCUT2D eigenvalue weighted by Gasteiger charge is 2.74. The van der Waals surface area contributed by atoms with Gasteiger partial charge in [0.05, 0.1) is 53.0 Å². The van der Waals surface area contributed by atoms with Crippen LogP contribution in [0.4, 0.5) is 5.69 Å². The molecule has 0 aliphatic carbocycles. The average Bonchev–Trinajstić information content (AvgIpc) is 3.87. The average molecular weight is 934 g/mol. The molecule has 6 atom stereocenters. The molecule has 2 amide bonds. The molecule has 15 heteroatoms. The normalized spacial score (nSPS) is 22.3. The van der Waals surface area contributed by atoms with Gasteiger partial charge in [0.1, 0.15) is 29.9 Å². The molecule has 0 unspecified atom stereocenters. The van der Waals surface area contributed by atoms with E-state index in [2.05, 4.69) is 17.2 Å². The maximum atomic E-state index is 16.2. The summed E-state index contributed by atoms with van der Waals surface area (Å²) in [7, 11) is 5.46. The Morgan fingerprint density at radius 1 is 0.797 bits per heavy atom. The van der Waals surface area contributed by atoms with E-state index in [4.69, 9.17) is 28.4 Å². The zero-order valence-electron chi connectivity index (χ0n) is 38.5. The van der Waals surface area contributed by atoms with Crippen LogP contribution in [0.5, 0.6) is 17.2 Å². The summed E-state index contributed by atoms with van der Waals surface area (Å²) < 4.78 is 33.4. The molecule has 4 aliphatic heterocycles. The third kappa shape index (κ3) is 8.19. The molecule has 69 heavy (non-hydrogen) atoms. The Morgan fingerprint density at radius 3 is 2.09 bits per heavy atom. The molecule has 2 saturated heterocycles. The first-order valence-corrected chi connectivity index (χ1v) is 22.6. The second-order valence-corrected chi connectivity index (χ2v) is 17.2. The van der Waals surface area contributed by atoms with Gasteiger partial charge in [0.2, 0.25) is 11.8 Å². The minimum Gasteiger partial charge on any atom is -0.493 e. The summed E-state index contributed by atoms with van der Waals surface area (Å²) in [6, 6.07) is 32.1. The summed E-state index contributed by atoms with van der Waals surface area (Å²) >= 11 is 0. The van der Waals surface area contributed by atoms with Gasteiger partial charge in [0.15, 0.2) is 17.4 Å². The first-order valence-electron chi connectivity index (χ1n) is 22.6. The fraction of sp³-hybridized carbons (Fsp3) is 0.315. The van der Waals surface area contributed by atoms with Crippen molar-refractivity contribution in [2.24, 2.45) is 11.8 Å². The molecule has 0 bridgehead atoms. The van der Waals surface area contributed by atoms with Crippen LogP contribution in [0, 0.1) is 23.7 Å². The van der Waals surface area contributed by atoms with Gasteiger partial charge < -0.3 is 43.7 Å². The lowest BCUT2D eigenvalue weighted by molar-refractivity contribution is -0.179. The number of amides is 2. The number of cyclic esters (lactones) is 1. The maximum absolute atomic E-state index is 16.2. The van der Waals surface area contributed by atoms with Crippen LogP contribution in [0.2, 0.25) is 0 Å². The first kappa shape index (κ1) is 46.4. The van der Waals surface area contributed by atoms with Crippen LogP contribution >= 0.6 is 0 Å². The Labute approximate surface area is 399 Å². The molecule has 5 aromatic carbocycles. The van der Waals surface area contributed by atoms with Crippen LogP contribution < -0.4 is 19.5 Å². The minimum absolute atomic E-state index is 0.0510. The van der Waals surface area contributed by atoms with Crippen molar-refractivity contribution in [2.45, 2.75) is 49.0 Å². The van der Waals surface area contributed by atoms with Crippen LogP contribution in [0.25, 0.3) is 0 Å². The molecule has 4 aliphatic rings. The van der Waals surface area contributed by atoms with Crippen LogP contribution in [-0.2, 0) is 56.6 Å². The third-order valence-electron chi connectivity index (χ3n) is 13.7. The second kappa shape index (κ2) is 19.5. The topological polar surface area (TPSA) is 179 Å². The van der Waals surface area contributed by atoms with Crippen molar-refractivity contribution in [1.29, 1.82) is 0 Å². The number of nitrogens with zero attached hydrogens (tertiary/aromatic N) is 2. The number of anilines is 1. The van der Waals surface area contributed by atoms with E-state index in [1.165, 1.54) is 14.2 Å². The van der Waals surface area contributed by atoms with Gasteiger partial charge in [0.25, 0.3) is 0 Å². The maximum Gasteiger partial charge on any atom is 0.324 e. The number of fused-ring (bicyclic) bond motifs is 4. The number of aliphatic hydroxyl groups is 1. The Hall–Kier alpha value is -7.67. The molecule has 9 rings (SSSR count). The number of morpholine rings is 1. The van der Waals surface area contributed by atoms with Gasteiger partial charge in [-0.05, 0) is 82.3 Å². The van der Waals surface area contributed by atoms with Gasteiger partial charge in [-0.25, -0.2) is 0 Å². The van der Waals surface area contributed by atoms with Gasteiger partial charge in [-0.3, -0.25) is 28.9 Å². The van der Waals surface area contributed by atoms with E-state index in [1.807, 2.05) is 89.8 Å². The lowest BCUT2D eigenvalue weighted by Crippen LogP contribution is -2.56. The third-order valence-corrected chi connectivity index (χ3v) is 13.7. The summed E-state index contributed by atoms with van der Waals surface area (Å²) in [6.07, 6.45) is -0.634. The minimum atomic E-state index is -1.82. The number of hydrogen-bond donors (Lipinski definition) is 2. The number of aliphatic hydroxyl groups excluding tert-OH is 1. The number of esters is 3. The zero-order chi connectivity index (χ0) is 48.4. The predicted molar refractivity (Wildman–Crippen MR) is 250 cm³/mol. The molecule has 4 heterocycles. The van der Waals surface area contributed by atoms with Crippen molar-refractivity contribution in [3.8, 4) is 29.1 Å². The van der Waals surface area contributed by atoms with Gasteiger partial charge in [-0.15, -0.1) is 0 Å². The predicted octanol–water partition coefficient (Wildman–Crippen LogP) is 5.63. The molecule has 5 aromatic rings. The fourth-order valence-electron chi connectivity index (χ4n) is 10.6. The molecule has 0 saturated carbocycles. The van der Waals surface area contributed by atoms with Crippen molar-refractivity contribution < 1.29 is 57.5 Å². The number of carbonyl (C=O) groups excluding carboxylic acids is 5. The highest BCUT2D eigenvalue weighted by molar-refractivity contribution is 6.12. The quantitative estimate of drug-likeness (QED) is 0.0681. The molecular formula is C54H51N3O12. The second-order valence-electron chi connectivity index (χ2n) is 17.2. The molecule has 2 fully saturated rings. The smallest absolute Gasteiger partial charge is 0.324 e. The fourth-order valence-corrected chi connectivity index (χ4v) is 10.6. The lowest BCUT2D eigenvalue weighted by atomic mass is 9.65. The molecule has 2 N–H and O–H groups in total. The zero-order valence-corrected chi connectivity index (χ0v) is 38.5. The largest absolute Gasteiger partial charge is 0.493 e. The highest BCUT2D eigenvalue weighted by atomic mass is 16.6. The van der Waals surface area contributed by atoms with Crippen molar-refractivity contribution in [3.05, 3.63) is 154 Å². The summed E-state index contributed by atoms with van der Waals surface area (Å²) in [5.74, 6) is 1.65. The highest BCUT2D eigenvalue weighted by Crippen LogP contribution is 2.65. The SMILES string of the molecule is COC(=O)C(CC#Cc1ccc2c(c1)[C@]1(C(=O)N2)[C@H](c2ccc(OCCO)cc2)N2[C@H](c3ccccc3)[C@H](c3ccccc3)OC(=O)[C@H]2[C@@H]1C(=O)N1CCc2cc(OC)c(OC)cc2C1)C(=O)OC. The van der Waals surface area contributed by atoms with Gasteiger partial charge >= 0.3 is 17.9 Å². The van der Waals surface area contributed by atoms with Gasteiger partial charge in [-0.2, -0.15) is 0 Å². The van der Waals surface area contributed by atoms with E-state index < -0.39 is 71.2 Å². The standard InChI is InChI=1S/C54H51N3O12/c1-64-42-29-36-24-25-56(31-37(36)30-43(42)65-2)49(59)44-46-52(62)69-47(34-15-9-6-10-16-34)45(33-13-7-5-8-14-33)57(46)48(35-19-21-38(22-20-35)68-27-26-58)54(44)40-28-32(18-23-41(40)55-53(54)63)12-11-17-39(50(60)66-3)51(61)67-4/h5-10,13-16,18-23,28-30,39,44-48,58H,17,24-27,31H2,1-4H3,(H,55,63)/t44-,45-,46-,47+,48+,54-/m1/s1. The lowest BCUT2D eigenvalue weighted by Gasteiger charge is -2.46. The number of carbonyl (C=O) groups is 5. The van der Waals surface area contributed by atoms with E-state index in [0.29, 0.717) is 46.0 Å². The van der Waals surface area contributed by atoms with E-state index in [1.54, 1.807) is 49.5 Å². The summed E-state index contributed by atoms with van der Waals surface area (Å²) in [5, 5.41) is 12.7. The van der Waals surface area contributed by atoms with Crippen LogP contribution in [0.3, 0.4) is 0 Å².